The maximum absolute atomic E-state index is 11.8. The van der Waals surface area contributed by atoms with Gasteiger partial charge in [0.1, 0.15) is 17.8 Å². The Kier molecular flexibility index (Phi) is 4.96. The van der Waals surface area contributed by atoms with Crippen LogP contribution in [0, 0.1) is 33.3 Å². The number of anilines is 2. The summed E-state index contributed by atoms with van der Waals surface area (Å²) in [4.78, 5) is 13.9. The molecule has 4 bridgehead atoms. The normalized spacial score (nSPS) is 38.5. The van der Waals surface area contributed by atoms with E-state index in [2.05, 4.69) is 36.3 Å². The Hall–Kier alpha value is -1.82. The van der Waals surface area contributed by atoms with Crippen LogP contribution in [0.2, 0.25) is 0 Å². The molecule has 164 valence electrons. The number of nitro groups is 1. The second-order valence-corrected chi connectivity index (χ2v) is 11.2. The molecule has 4 saturated carbocycles. The van der Waals surface area contributed by atoms with Crippen molar-refractivity contribution < 1.29 is 10.2 Å². The molecular formula is C24H37N4O2+. The molecule has 3 N–H and O–H groups in total. The largest absolute Gasteiger partial charge is 0.376 e. The van der Waals surface area contributed by atoms with E-state index < -0.39 is 0 Å². The summed E-state index contributed by atoms with van der Waals surface area (Å²) in [5.74, 6) is 2.65. The monoisotopic (exact) mass is 413 g/mol. The Labute approximate surface area is 179 Å². The molecule has 6 nitrogen and oxygen atoms in total. The van der Waals surface area contributed by atoms with Crippen molar-refractivity contribution in [3.63, 3.8) is 0 Å². The van der Waals surface area contributed by atoms with Gasteiger partial charge in [-0.15, -0.1) is 0 Å². The van der Waals surface area contributed by atoms with Gasteiger partial charge in [-0.1, -0.05) is 0 Å². The summed E-state index contributed by atoms with van der Waals surface area (Å²) >= 11 is 0. The maximum Gasteiger partial charge on any atom is 0.292 e. The van der Waals surface area contributed by atoms with Gasteiger partial charge >= 0.3 is 0 Å². The van der Waals surface area contributed by atoms with Crippen molar-refractivity contribution >= 4 is 17.1 Å². The molecule has 0 aromatic heterocycles. The first-order chi connectivity index (χ1) is 14.3. The fraction of sp³-hybridized carbons (Fsp3) is 0.750. The number of nitro benzene ring substituents is 1. The summed E-state index contributed by atoms with van der Waals surface area (Å²) in [5.41, 5.74) is 2.34. The van der Waals surface area contributed by atoms with E-state index in [0.29, 0.717) is 23.2 Å². The highest BCUT2D eigenvalue weighted by atomic mass is 16.6. The number of hydrogen-bond donors (Lipinski definition) is 2. The number of nitrogens with one attached hydrogen (secondary N) is 1. The number of nitrogens with two attached hydrogens (primary N) is 1. The standard InChI is InChI=1S/C24H36N4O2/c1-15-13-27(14-16(2)25-15)21-4-5-23(28(29)30)22(9-21)26-17(3)24-10-18-6-19(11-24)8-20(7-18)12-24/h4-5,9,15-20,25-26H,6-8,10-14H2,1-3H3/p+1/t15-,16+,17-,18?,19?,20?,24?/m0/s1. The lowest BCUT2D eigenvalue weighted by molar-refractivity contribution is -0.716. The molecule has 1 aliphatic heterocycles. The minimum Gasteiger partial charge on any atom is -0.376 e. The fourth-order valence-electron chi connectivity index (χ4n) is 7.75. The Morgan fingerprint density at radius 2 is 1.67 bits per heavy atom. The van der Waals surface area contributed by atoms with E-state index in [4.69, 9.17) is 0 Å². The van der Waals surface area contributed by atoms with E-state index in [-0.39, 0.29) is 16.7 Å². The quantitative estimate of drug-likeness (QED) is 0.569. The summed E-state index contributed by atoms with van der Waals surface area (Å²) in [6, 6.07) is 7.02. The van der Waals surface area contributed by atoms with Crippen molar-refractivity contribution in [3.05, 3.63) is 28.3 Å². The predicted molar refractivity (Wildman–Crippen MR) is 120 cm³/mol. The van der Waals surface area contributed by atoms with E-state index >= 15 is 0 Å². The molecule has 5 fully saturated rings. The molecule has 3 atom stereocenters. The predicted octanol–water partition coefficient (Wildman–Crippen LogP) is 3.77. The van der Waals surface area contributed by atoms with Crippen molar-refractivity contribution in [1.29, 1.82) is 0 Å². The molecule has 1 aromatic rings. The maximum atomic E-state index is 11.8. The first kappa shape index (κ1) is 20.1. The first-order valence-electron chi connectivity index (χ1n) is 12.0. The lowest BCUT2D eigenvalue weighted by Crippen LogP contribution is -2.99. The number of quaternary nitrogens is 1. The van der Waals surface area contributed by atoms with Gasteiger partial charge in [-0.05, 0) is 94.6 Å². The van der Waals surface area contributed by atoms with Crippen molar-refractivity contribution in [2.75, 3.05) is 23.3 Å². The van der Waals surface area contributed by atoms with E-state index in [1.54, 1.807) is 6.07 Å². The SMILES string of the molecule is C[C@@H]1CN(c2ccc([N+](=O)[O-])c(N[C@@H](C)C34CC5CC(CC(C5)C3)C4)c2)C[C@H](C)[NH2+]1. The van der Waals surface area contributed by atoms with E-state index in [0.717, 1.165) is 36.5 Å². The smallest absolute Gasteiger partial charge is 0.292 e. The number of nitrogens with zero attached hydrogens (tertiary/aromatic N) is 2. The fourth-order valence-corrected chi connectivity index (χ4v) is 7.75. The summed E-state index contributed by atoms with van der Waals surface area (Å²) < 4.78 is 0. The van der Waals surface area contributed by atoms with Crippen LogP contribution in [0.25, 0.3) is 0 Å². The zero-order valence-corrected chi connectivity index (χ0v) is 18.6. The second-order valence-electron chi connectivity index (χ2n) is 11.2. The van der Waals surface area contributed by atoms with Gasteiger partial charge in [0.2, 0.25) is 0 Å². The van der Waals surface area contributed by atoms with Crippen LogP contribution in [-0.2, 0) is 0 Å². The number of hydrogen-bond acceptors (Lipinski definition) is 4. The molecule has 0 amide bonds. The van der Waals surface area contributed by atoms with Gasteiger partial charge in [0.05, 0.1) is 18.0 Å². The molecule has 6 heteroatoms. The Balaban J connectivity index is 1.41. The second kappa shape index (κ2) is 7.40. The number of rotatable bonds is 5. The van der Waals surface area contributed by atoms with Crippen LogP contribution < -0.4 is 15.5 Å². The first-order valence-corrected chi connectivity index (χ1v) is 12.0. The van der Waals surface area contributed by atoms with Crippen LogP contribution >= 0.6 is 0 Å². The van der Waals surface area contributed by atoms with Crippen molar-refractivity contribution in [3.8, 4) is 0 Å². The molecule has 30 heavy (non-hydrogen) atoms. The van der Waals surface area contributed by atoms with Crippen LogP contribution in [0.3, 0.4) is 0 Å². The van der Waals surface area contributed by atoms with Crippen LogP contribution in [-0.4, -0.2) is 36.1 Å². The van der Waals surface area contributed by atoms with Gasteiger partial charge in [0.15, 0.2) is 0 Å². The summed E-state index contributed by atoms with van der Waals surface area (Å²) in [6.45, 7) is 8.74. The molecule has 4 aliphatic carbocycles. The minimum atomic E-state index is -0.228. The summed E-state index contributed by atoms with van der Waals surface area (Å²) in [6.07, 6.45) is 8.17. The third-order valence-electron chi connectivity index (χ3n) is 8.59. The van der Waals surface area contributed by atoms with Crippen LogP contribution in [0.5, 0.6) is 0 Å². The third kappa shape index (κ3) is 3.57. The molecule has 1 aromatic carbocycles. The molecule has 0 unspecified atom stereocenters. The van der Waals surface area contributed by atoms with Crippen LogP contribution in [0.4, 0.5) is 17.1 Å². The lowest BCUT2D eigenvalue weighted by Gasteiger charge is -2.59. The van der Waals surface area contributed by atoms with Crippen molar-refractivity contribution in [1.82, 2.24) is 0 Å². The van der Waals surface area contributed by atoms with Gasteiger partial charge < -0.3 is 15.5 Å². The molecule has 1 heterocycles. The third-order valence-corrected chi connectivity index (χ3v) is 8.59. The van der Waals surface area contributed by atoms with E-state index in [1.165, 1.54) is 38.5 Å². The molecular weight excluding hydrogens is 376 g/mol. The lowest BCUT2D eigenvalue weighted by atomic mass is 9.48. The Bertz CT molecular complexity index is 780. The Morgan fingerprint density at radius 1 is 1.10 bits per heavy atom. The van der Waals surface area contributed by atoms with E-state index in [1.807, 2.05) is 12.1 Å². The van der Waals surface area contributed by atoms with Crippen LogP contribution in [0.1, 0.15) is 59.3 Å². The Morgan fingerprint density at radius 3 is 2.20 bits per heavy atom. The average Bonchev–Trinajstić information content (AvgIpc) is 2.66. The zero-order valence-electron chi connectivity index (χ0n) is 18.6. The molecule has 6 rings (SSSR count). The average molecular weight is 414 g/mol. The molecule has 5 aliphatic rings. The molecule has 1 saturated heterocycles. The summed E-state index contributed by atoms with van der Waals surface area (Å²) in [7, 11) is 0. The van der Waals surface area contributed by atoms with Gasteiger partial charge in [-0.25, -0.2) is 0 Å². The highest BCUT2D eigenvalue weighted by molar-refractivity contribution is 5.69. The molecule has 0 spiro atoms. The highest BCUT2D eigenvalue weighted by Crippen LogP contribution is 2.61. The minimum absolute atomic E-state index is 0.208. The van der Waals surface area contributed by atoms with Gasteiger partial charge in [-0.3, -0.25) is 10.1 Å². The topological polar surface area (TPSA) is 75.0 Å². The van der Waals surface area contributed by atoms with E-state index in [9.17, 15) is 10.1 Å². The highest BCUT2D eigenvalue weighted by Gasteiger charge is 2.53. The van der Waals surface area contributed by atoms with Gasteiger partial charge in [-0.2, -0.15) is 0 Å². The van der Waals surface area contributed by atoms with Crippen molar-refractivity contribution in [2.24, 2.45) is 23.2 Å². The number of piperazine rings is 1. The van der Waals surface area contributed by atoms with Crippen molar-refractivity contribution in [2.45, 2.75) is 77.4 Å². The van der Waals surface area contributed by atoms with Crippen LogP contribution in [0.15, 0.2) is 18.2 Å². The number of benzene rings is 1. The van der Waals surface area contributed by atoms with Gasteiger partial charge in [0.25, 0.3) is 5.69 Å². The van der Waals surface area contributed by atoms with Gasteiger partial charge in [0, 0.05) is 17.8 Å². The zero-order chi connectivity index (χ0) is 21.0. The molecule has 0 radical (unpaired) electrons. The summed E-state index contributed by atoms with van der Waals surface area (Å²) in [5, 5.41) is 17.9.